The molecule has 0 bridgehead atoms. The molecule has 0 saturated carbocycles. The van der Waals surface area contributed by atoms with Crippen LogP contribution in [0.25, 0.3) is 0 Å². The standard InChI is InChI=1S/C13H27NO4/c1-11(2)4-5-14(6-8-18-9-7-15)10-12(3)13(16)17/h11-12,15H,4-10H2,1-3H3,(H,16,17). The number of hydrogen-bond donors (Lipinski definition) is 2. The summed E-state index contributed by atoms with van der Waals surface area (Å²) in [6, 6.07) is 0. The highest BCUT2D eigenvalue weighted by molar-refractivity contribution is 5.69. The number of aliphatic hydroxyl groups is 1. The summed E-state index contributed by atoms with van der Waals surface area (Å²) in [6.45, 7) is 9.07. The summed E-state index contributed by atoms with van der Waals surface area (Å²) in [6.07, 6.45) is 1.05. The molecule has 108 valence electrons. The van der Waals surface area contributed by atoms with E-state index in [1.54, 1.807) is 6.92 Å². The molecule has 0 fully saturated rings. The first-order valence-corrected chi connectivity index (χ1v) is 6.61. The van der Waals surface area contributed by atoms with Gasteiger partial charge in [-0.05, 0) is 18.9 Å². The minimum absolute atomic E-state index is 0.0253. The van der Waals surface area contributed by atoms with Crippen molar-refractivity contribution >= 4 is 5.97 Å². The van der Waals surface area contributed by atoms with Gasteiger partial charge in [0.25, 0.3) is 0 Å². The molecular formula is C13H27NO4. The molecule has 0 aromatic carbocycles. The Kier molecular flexibility index (Phi) is 9.92. The van der Waals surface area contributed by atoms with Gasteiger partial charge < -0.3 is 19.8 Å². The van der Waals surface area contributed by atoms with Crippen molar-refractivity contribution in [1.82, 2.24) is 4.90 Å². The van der Waals surface area contributed by atoms with Gasteiger partial charge in [-0.15, -0.1) is 0 Å². The molecule has 0 radical (unpaired) electrons. The maximum Gasteiger partial charge on any atom is 0.307 e. The Hall–Kier alpha value is -0.650. The quantitative estimate of drug-likeness (QED) is 0.544. The number of nitrogens with zero attached hydrogens (tertiary/aromatic N) is 1. The molecule has 1 atom stereocenters. The van der Waals surface area contributed by atoms with E-state index in [0.717, 1.165) is 13.0 Å². The third-order valence-electron chi connectivity index (χ3n) is 2.76. The molecule has 5 nitrogen and oxygen atoms in total. The summed E-state index contributed by atoms with van der Waals surface area (Å²) < 4.78 is 5.22. The lowest BCUT2D eigenvalue weighted by Crippen LogP contribution is -2.35. The van der Waals surface area contributed by atoms with Crippen LogP contribution in [0.3, 0.4) is 0 Å². The van der Waals surface area contributed by atoms with Crippen LogP contribution in [0.4, 0.5) is 0 Å². The number of aliphatic hydroxyl groups excluding tert-OH is 1. The summed E-state index contributed by atoms with van der Waals surface area (Å²) in [4.78, 5) is 13.0. The monoisotopic (exact) mass is 261 g/mol. The SMILES string of the molecule is CC(C)CCN(CCOCCO)CC(C)C(=O)O. The van der Waals surface area contributed by atoms with E-state index in [9.17, 15) is 4.79 Å². The van der Waals surface area contributed by atoms with Gasteiger partial charge >= 0.3 is 5.97 Å². The first kappa shape index (κ1) is 17.4. The fraction of sp³-hybridized carbons (Fsp3) is 0.923. The smallest absolute Gasteiger partial charge is 0.307 e. The van der Waals surface area contributed by atoms with Gasteiger partial charge in [-0.1, -0.05) is 20.8 Å². The molecule has 0 amide bonds. The molecule has 0 spiro atoms. The highest BCUT2D eigenvalue weighted by Crippen LogP contribution is 2.06. The van der Waals surface area contributed by atoms with Crippen molar-refractivity contribution in [3.63, 3.8) is 0 Å². The van der Waals surface area contributed by atoms with Gasteiger partial charge in [-0.2, -0.15) is 0 Å². The third kappa shape index (κ3) is 9.39. The second kappa shape index (κ2) is 10.3. The summed E-state index contributed by atoms with van der Waals surface area (Å²) in [7, 11) is 0. The van der Waals surface area contributed by atoms with Crippen LogP contribution < -0.4 is 0 Å². The molecule has 0 saturated heterocycles. The van der Waals surface area contributed by atoms with E-state index in [2.05, 4.69) is 18.7 Å². The normalized spacial score (nSPS) is 13.2. The van der Waals surface area contributed by atoms with Crippen LogP contribution in [-0.4, -0.2) is 60.5 Å². The van der Waals surface area contributed by atoms with Crippen LogP contribution in [0.2, 0.25) is 0 Å². The molecule has 0 rings (SSSR count). The summed E-state index contributed by atoms with van der Waals surface area (Å²) in [5.74, 6) is -0.526. The molecule has 0 aromatic heterocycles. The van der Waals surface area contributed by atoms with Gasteiger partial charge in [-0.25, -0.2) is 0 Å². The summed E-state index contributed by atoms with van der Waals surface area (Å²) >= 11 is 0. The maximum atomic E-state index is 10.9. The van der Waals surface area contributed by atoms with Gasteiger partial charge in [0.2, 0.25) is 0 Å². The molecule has 1 unspecified atom stereocenters. The largest absolute Gasteiger partial charge is 0.481 e. The predicted molar refractivity (Wildman–Crippen MR) is 70.6 cm³/mol. The van der Waals surface area contributed by atoms with Crippen LogP contribution in [0.1, 0.15) is 27.2 Å². The van der Waals surface area contributed by atoms with Crippen molar-refractivity contribution in [2.24, 2.45) is 11.8 Å². The highest BCUT2D eigenvalue weighted by Gasteiger charge is 2.16. The zero-order chi connectivity index (χ0) is 14.0. The fourth-order valence-corrected chi connectivity index (χ4v) is 1.56. The van der Waals surface area contributed by atoms with Crippen molar-refractivity contribution < 1.29 is 19.7 Å². The van der Waals surface area contributed by atoms with E-state index in [-0.39, 0.29) is 12.5 Å². The molecule has 0 aromatic rings. The van der Waals surface area contributed by atoms with Crippen LogP contribution in [0, 0.1) is 11.8 Å². The fourth-order valence-electron chi connectivity index (χ4n) is 1.56. The van der Waals surface area contributed by atoms with Crippen molar-refractivity contribution in [2.75, 3.05) is 39.5 Å². The van der Waals surface area contributed by atoms with Crippen LogP contribution in [0.5, 0.6) is 0 Å². The van der Waals surface area contributed by atoms with E-state index < -0.39 is 5.97 Å². The van der Waals surface area contributed by atoms with Gasteiger partial charge in [0.15, 0.2) is 0 Å². The predicted octanol–water partition coefficient (Wildman–Crippen LogP) is 1.06. The summed E-state index contributed by atoms with van der Waals surface area (Å²) in [5, 5.41) is 17.5. The number of carboxylic acid groups (broad SMARTS) is 1. The minimum atomic E-state index is -0.763. The molecule has 5 heteroatoms. The minimum Gasteiger partial charge on any atom is -0.481 e. The van der Waals surface area contributed by atoms with Crippen molar-refractivity contribution in [3.8, 4) is 0 Å². The van der Waals surface area contributed by atoms with Crippen molar-refractivity contribution in [2.45, 2.75) is 27.2 Å². The zero-order valence-electron chi connectivity index (χ0n) is 11.8. The van der Waals surface area contributed by atoms with Crippen LogP contribution >= 0.6 is 0 Å². The van der Waals surface area contributed by atoms with Gasteiger partial charge in [-0.3, -0.25) is 4.79 Å². The van der Waals surface area contributed by atoms with Crippen LogP contribution in [0.15, 0.2) is 0 Å². The highest BCUT2D eigenvalue weighted by atomic mass is 16.5. The molecule has 0 heterocycles. The number of carbonyl (C=O) groups is 1. The van der Waals surface area contributed by atoms with E-state index in [4.69, 9.17) is 14.9 Å². The van der Waals surface area contributed by atoms with E-state index in [1.807, 2.05) is 0 Å². The molecule has 0 aliphatic carbocycles. The number of carboxylic acids is 1. The van der Waals surface area contributed by atoms with Crippen molar-refractivity contribution in [3.05, 3.63) is 0 Å². The molecular weight excluding hydrogens is 234 g/mol. The molecule has 2 N–H and O–H groups in total. The third-order valence-corrected chi connectivity index (χ3v) is 2.76. The number of rotatable bonds is 11. The number of aliphatic carboxylic acids is 1. The number of ether oxygens (including phenoxy) is 1. The molecule has 0 aliphatic heterocycles. The summed E-state index contributed by atoms with van der Waals surface area (Å²) in [5.41, 5.74) is 0. The Morgan fingerprint density at radius 2 is 1.89 bits per heavy atom. The lowest BCUT2D eigenvalue weighted by Gasteiger charge is -2.24. The van der Waals surface area contributed by atoms with E-state index in [1.165, 1.54) is 0 Å². The lowest BCUT2D eigenvalue weighted by molar-refractivity contribution is -0.141. The Labute approximate surface area is 110 Å². The first-order valence-electron chi connectivity index (χ1n) is 6.61. The lowest BCUT2D eigenvalue weighted by atomic mass is 10.1. The van der Waals surface area contributed by atoms with Gasteiger partial charge in [0.1, 0.15) is 0 Å². The molecule has 0 aliphatic rings. The average Bonchev–Trinajstić information content (AvgIpc) is 2.30. The first-order chi connectivity index (χ1) is 8.47. The Morgan fingerprint density at radius 1 is 1.22 bits per heavy atom. The van der Waals surface area contributed by atoms with Gasteiger partial charge in [0, 0.05) is 13.1 Å². The van der Waals surface area contributed by atoms with Crippen molar-refractivity contribution in [1.29, 1.82) is 0 Å². The van der Waals surface area contributed by atoms with Gasteiger partial charge in [0.05, 0.1) is 25.7 Å². The topological polar surface area (TPSA) is 70.0 Å². The second-order valence-electron chi connectivity index (χ2n) is 5.06. The van der Waals surface area contributed by atoms with E-state index in [0.29, 0.717) is 32.2 Å². The van der Waals surface area contributed by atoms with Crippen LogP contribution in [-0.2, 0) is 9.53 Å². The molecule has 18 heavy (non-hydrogen) atoms. The van der Waals surface area contributed by atoms with E-state index >= 15 is 0 Å². The Bertz CT molecular complexity index is 221. The Morgan fingerprint density at radius 3 is 2.39 bits per heavy atom. The average molecular weight is 261 g/mol. The second-order valence-corrected chi connectivity index (χ2v) is 5.06. The zero-order valence-corrected chi connectivity index (χ0v) is 11.8. The number of hydrogen-bond acceptors (Lipinski definition) is 4. The Balaban J connectivity index is 4.02. The maximum absolute atomic E-state index is 10.9.